The van der Waals surface area contributed by atoms with Gasteiger partial charge in [-0.25, -0.2) is 0 Å². The SMILES string of the molecule is CC(=O)N(CC1C2CC3CC(C2)CC1C3)Oc1ccc2ccccc2c1. The van der Waals surface area contributed by atoms with Crippen LogP contribution in [0.5, 0.6) is 5.75 Å². The fourth-order valence-corrected chi connectivity index (χ4v) is 6.11. The lowest BCUT2D eigenvalue weighted by Gasteiger charge is -2.55. The van der Waals surface area contributed by atoms with E-state index in [1.165, 1.54) is 37.5 Å². The normalized spacial score (nSPS) is 32.0. The Labute approximate surface area is 155 Å². The van der Waals surface area contributed by atoms with Gasteiger partial charge in [0, 0.05) is 6.92 Å². The van der Waals surface area contributed by atoms with Crippen molar-refractivity contribution >= 4 is 16.7 Å². The summed E-state index contributed by atoms with van der Waals surface area (Å²) < 4.78 is 0. The van der Waals surface area contributed by atoms with Gasteiger partial charge in [-0.05, 0) is 84.6 Å². The van der Waals surface area contributed by atoms with Gasteiger partial charge in [0.05, 0.1) is 6.54 Å². The van der Waals surface area contributed by atoms with Gasteiger partial charge in [0.25, 0.3) is 5.91 Å². The summed E-state index contributed by atoms with van der Waals surface area (Å²) >= 11 is 0. The molecule has 3 heteroatoms. The quantitative estimate of drug-likeness (QED) is 0.723. The van der Waals surface area contributed by atoms with E-state index in [1.54, 1.807) is 12.0 Å². The van der Waals surface area contributed by atoms with E-state index in [4.69, 9.17) is 4.84 Å². The summed E-state index contributed by atoms with van der Waals surface area (Å²) in [6, 6.07) is 14.3. The second-order valence-electron chi connectivity index (χ2n) is 8.77. The van der Waals surface area contributed by atoms with Crippen LogP contribution in [-0.4, -0.2) is 17.5 Å². The molecule has 0 aliphatic heterocycles. The van der Waals surface area contributed by atoms with Gasteiger partial charge in [-0.2, -0.15) is 5.06 Å². The zero-order chi connectivity index (χ0) is 17.7. The molecule has 4 bridgehead atoms. The molecule has 0 spiro atoms. The third kappa shape index (κ3) is 2.87. The standard InChI is InChI=1S/C23H27NO2/c1-15(25)24(26-22-7-6-18-4-2-3-5-19(18)13-22)14-23-20-9-16-8-17(11-20)12-21(23)10-16/h2-7,13,16-17,20-21,23H,8-12,14H2,1H3. The Kier molecular flexibility index (Phi) is 3.91. The maximum absolute atomic E-state index is 12.3. The van der Waals surface area contributed by atoms with Crippen LogP contribution in [0.2, 0.25) is 0 Å². The van der Waals surface area contributed by atoms with E-state index in [2.05, 4.69) is 18.2 Å². The molecule has 0 radical (unpaired) electrons. The number of hydrogen-bond donors (Lipinski definition) is 0. The third-order valence-electron chi connectivity index (χ3n) is 7.09. The van der Waals surface area contributed by atoms with Crippen LogP contribution < -0.4 is 4.84 Å². The zero-order valence-electron chi connectivity index (χ0n) is 15.4. The highest BCUT2D eigenvalue weighted by molar-refractivity contribution is 5.83. The molecule has 3 nitrogen and oxygen atoms in total. The number of fused-ring (bicyclic) bond motifs is 1. The molecule has 0 unspecified atom stereocenters. The smallest absolute Gasteiger partial charge is 0.252 e. The van der Waals surface area contributed by atoms with E-state index >= 15 is 0 Å². The van der Waals surface area contributed by atoms with Gasteiger partial charge in [-0.1, -0.05) is 30.3 Å². The molecule has 0 saturated heterocycles. The Morgan fingerprint density at radius 2 is 1.62 bits per heavy atom. The third-order valence-corrected chi connectivity index (χ3v) is 7.09. The van der Waals surface area contributed by atoms with Crippen molar-refractivity contribution in [1.29, 1.82) is 0 Å². The molecule has 26 heavy (non-hydrogen) atoms. The highest BCUT2D eigenvalue weighted by Gasteiger charge is 2.48. The summed E-state index contributed by atoms with van der Waals surface area (Å²) in [5, 5.41) is 3.95. The van der Waals surface area contributed by atoms with Crippen molar-refractivity contribution in [2.75, 3.05) is 6.54 Å². The van der Waals surface area contributed by atoms with Gasteiger partial charge in [0.1, 0.15) is 0 Å². The molecule has 2 aromatic carbocycles. The molecule has 136 valence electrons. The molecule has 0 N–H and O–H groups in total. The summed E-state index contributed by atoms with van der Waals surface area (Å²) in [5.41, 5.74) is 0. The number of hydrogen-bond acceptors (Lipinski definition) is 2. The Morgan fingerprint density at radius 1 is 0.962 bits per heavy atom. The van der Waals surface area contributed by atoms with E-state index in [9.17, 15) is 4.79 Å². The van der Waals surface area contributed by atoms with Crippen LogP contribution in [0, 0.1) is 29.6 Å². The Balaban J connectivity index is 1.34. The second-order valence-corrected chi connectivity index (χ2v) is 8.77. The molecule has 1 amide bonds. The summed E-state index contributed by atoms with van der Waals surface area (Å²) in [7, 11) is 0. The number of rotatable bonds is 4. The van der Waals surface area contributed by atoms with Crippen molar-refractivity contribution in [2.45, 2.75) is 39.0 Å². The molecule has 0 heterocycles. The lowest BCUT2D eigenvalue weighted by atomic mass is 9.52. The molecule has 4 aliphatic rings. The van der Waals surface area contributed by atoms with Gasteiger partial charge in [-0.15, -0.1) is 0 Å². The first-order valence-corrected chi connectivity index (χ1v) is 10.1. The van der Waals surface area contributed by atoms with Crippen molar-refractivity contribution in [3.63, 3.8) is 0 Å². The molecule has 2 aromatic rings. The van der Waals surface area contributed by atoms with Crippen LogP contribution in [-0.2, 0) is 4.79 Å². The van der Waals surface area contributed by atoms with Crippen LogP contribution >= 0.6 is 0 Å². The maximum atomic E-state index is 12.3. The number of carbonyl (C=O) groups excluding carboxylic acids is 1. The minimum atomic E-state index is 0.00645. The van der Waals surface area contributed by atoms with Crippen molar-refractivity contribution in [3.8, 4) is 5.75 Å². The summed E-state index contributed by atoms with van der Waals surface area (Å²) in [5.74, 6) is 4.89. The lowest BCUT2D eigenvalue weighted by molar-refractivity contribution is -0.164. The Bertz CT molecular complexity index is 802. The van der Waals surface area contributed by atoms with Gasteiger partial charge in [-0.3, -0.25) is 4.79 Å². The molecule has 4 fully saturated rings. The van der Waals surface area contributed by atoms with E-state index in [-0.39, 0.29) is 5.91 Å². The van der Waals surface area contributed by atoms with Gasteiger partial charge >= 0.3 is 0 Å². The molecule has 6 rings (SSSR count). The number of benzene rings is 2. The first kappa shape index (κ1) is 16.2. The van der Waals surface area contributed by atoms with Crippen LogP contribution in [0.4, 0.5) is 0 Å². The highest BCUT2D eigenvalue weighted by atomic mass is 16.7. The predicted octanol–water partition coefficient (Wildman–Crippen LogP) is 5.05. The van der Waals surface area contributed by atoms with E-state index < -0.39 is 0 Å². The molecule has 4 aliphatic carbocycles. The first-order chi connectivity index (χ1) is 12.7. The number of amides is 1. The monoisotopic (exact) mass is 349 g/mol. The van der Waals surface area contributed by atoms with Gasteiger partial charge in [0.15, 0.2) is 5.75 Å². The fraction of sp³-hybridized carbons (Fsp3) is 0.522. The van der Waals surface area contributed by atoms with E-state index in [0.717, 1.165) is 41.4 Å². The largest absolute Gasteiger partial charge is 0.377 e. The molecular weight excluding hydrogens is 322 g/mol. The summed E-state index contributed by atoms with van der Waals surface area (Å²) in [4.78, 5) is 18.4. The van der Waals surface area contributed by atoms with Crippen molar-refractivity contribution < 1.29 is 9.63 Å². The van der Waals surface area contributed by atoms with Gasteiger partial charge < -0.3 is 4.84 Å². The molecule has 0 atom stereocenters. The molecule has 4 saturated carbocycles. The molecule has 0 aromatic heterocycles. The van der Waals surface area contributed by atoms with E-state index in [0.29, 0.717) is 5.92 Å². The van der Waals surface area contributed by atoms with Gasteiger partial charge in [0.2, 0.25) is 0 Å². The minimum Gasteiger partial charge on any atom is -0.377 e. The zero-order valence-corrected chi connectivity index (χ0v) is 15.4. The number of nitrogens with zero attached hydrogens (tertiary/aromatic N) is 1. The first-order valence-electron chi connectivity index (χ1n) is 10.1. The van der Waals surface area contributed by atoms with E-state index in [1.807, 2.05) is 24.3 Å². The molecular formula is C23H27NO2. The average molecular weight is 349 g/mol. The van der Waals surface area contributed by atoms with Crippen molar-refractivity contribution in [1.82, 2.24) is 5.06 Å². The van der Waals surface area contributed by atoms with Crippen LogP contribution in [0.15, 0.2) is 42.5 Å². The fourth-order valence-electron chi connectivity index (χ4n) is 6.11. The van der Waals surface area contributed by atoms with Crippen molar-refractivity contribution in [3.05, 3.63) is 42.5 Å². The summed E-state index contributed by atoms with van der Waals surface area (Å²) in [6.45, 7) is 2.37. The number of hydroxylamine groups is 2. The topological polar surface area (TPSA) is 29.5 Å². The summed E-state index contributed by atoms with van der Waals surface area (Å²) in [6.07, 6.45) is 6.96. The number of carbonyl (C=O) groups is 1. The Hall–Kier alpha value is -2.03. The average Bonchev–Trinajstić information content (AvgIpc) is 2.63. The van der Waals surface area contributed by atoms with Crippen LogP contribution in [0.3, 0.4) is 0 Å². The highest BCUT2D eigenvalue weighted by Crippen LogP contribution is 2.56. The predicted molar refractivity (Wildman–Crippen MR) is 102 cm³/mol. The maximum Gasteiger partial charge on any atom is 0.252 e. The second kappa shape index (κ2) is 6.29. The lowest BCUT2D eigenvalue weighted by Crippen LogP contribution is -2.50. The minimum absolute atomic E-state index is 0.00645. The van der Waals surface area contributed by atoms with Crippen LogP contribution in [0.1, 0.15) is 39.0 Å². The Morgan fingerprint density at radius 3 is 2.27 bits per heavy atom. The van der Waals surface area contributed by atoms with Crippen LogP contribution in [0.25, 0.3) is 10.8 Å². The van der Waals surface area contributed by atoms with Crippen molar-refractivity contribution in [2.24, 2.45) is 29.6 Å².